The van der Waals surface area contributed by atoms with Crippen LogP contribution >= 0.6 is 0 Å². The van der Waals surface area contributed by atoms with E-state index in [9.17, 15) is 13.5 Å². The molecule has 0 bridgehead atoms. The molecule has 6 nitrogen and oxygen atoms in total. The summed E-state index contributed by atoms with van der Waals surface area (Å²) in [6, 6.07) is 0. The van der Waals surface area contributed by atoms with Gasteiger partial charge in [-0.2, -0.15) is 0 Å². The first-order chi connectivity index (χ1) is 9.88. The Morgan fingerprint density at radius 1 is 1.33 bits per heavy atom. The zero-order valence-corrected chi connectivity index (χ0v) is 13.7. The molecule has 0 saturated carbocycles. The fraction of sp³-hybridized carbons (Fsp3) is 0.857. The van der Waals surface area contributed by atoms with Gasteiger partial charge in [0.05, 0.1) is 25.6 Å². The van der Waals surface area contributed by atoms with Crippen LogP contribution in [0.2, 0.25) is 0 Å². The van der Waals surface area contributed by atoms with E-state index in [-0.39, 0.29) is 0 Å². The molecule has 0 saturated heterocycles. The van der Waals surface area contributed by atoms with Gasteiger partial charge >= 0.3 is 0 Å². The average Bonchev–Trinajstić information content (AvgIpc) is 2.39. The van der Waals surface area contributed by atoms with Gasteiger partial charge in [-0.25, -0.2) is 13.1 Å². The van der Waals surface area contributed by atoms with Gasteiger partial charge in [0.15, 0.2) is 0 Å². The van der Waals surface area contributed by atoms with E-state index in [1.807, 2.05) is 0 Å². The van der Waals surface area contributed by atoms with Crippen molar-refractivity contribution >= 4 is 10.0 Å². The molecule has 0 amide bonds. The largest absolute Gasteiger partial charge is 0.389 e. The van der Waals surface area contributed by atoms with Gasteiger partial charge in [-0.15, -0.1) is 0 Å². The number of nitrogens with one attached hydrogen (secondary N) is 2. The van der Waals surface area contributed by atoms with Crippen LogP contribution < -0.4 is 10.0 Å². The highest BCUT2D eigenvalue weighted by atomic mass is 32.2. The van der Waals surface area contributed by atoms with Crippen LogP contribution in [0.25, 0.3) is 0 Å². The van der Waals surface area contributed by atoms with Gasteiger partial charge in [-0.05, 0) is 24.7 Å². The first kappa shape index (κ1) is 18.6. The molecule has 0 aromatic heterocycles. The second-order valence-corrected chi connectivity index (χ2v) is 7.58. The van der Waals surface area contributed by atoms with Crippen molar-refractivity contribution in [2.75, 3.05) is 39.1 Å². The third kappa shape index (κ3) is 9.21. The summed E-state index contributed by atoms with van der Waals surface area (Å²) in [7, 11) is -3.14. The summed E-state index contributed by atoms with van der Waals surface area (Å²) in [6.07, 6.45) is 7.11. The number of hydrogen-bond acceptors (Lipinski definition) is 5. The molecule has 0 aromatic carbocycles. The molecule has 21 heavy (non-hydrogen) atoms. The molecule has 1 rings (SSSR count). The van der Waals surface area contributed by atoms with Gasteiger partial charge in [-0.1, -0.05) is 19.1 Å². The molecule has 0 radical (unpaired) electrons. The lowest BCUT2D eigenvalue weighted by Crippen LogP contribution is -2.36. The van der Waals surface area contributed by atoms with Crippen molar-refractivity contribution in [1.82, 2.24) is 10.0 Å². The molecule has 0 heterocycles. The number of allylic oxidation sites excluding steroid dienone is 2. The number of rotatable bonds is 10. The van der Waals surface area contributed by atoms with Crippen molar-refractivity contribution in [1.29, 1.82) is 0 Å². The summed E-state index contributed by atoms with van der Waals surface area (Å²) in [5.41, 5.74) is 0. The number of aliphatic hydroxyl groups excluding tert-OH is 1. The molecule has 7 heteroatoms. The molecular formula is C14H28N2O4S. The highest BCUT2D eigenvalue weighted by Crippen LogP contribution is 2.24. The molecule has 0 fully saturated rings. The summed E-state index contributed by atoms with van der Waals surface area (Å²) in [4.78, 5) is 0. The molecule has 0 spiro atoms. The van der Waals surface area contributed by atoms with E-state index in [1.165, 1.54) is 0 Å². The minimum absolute atomic E-state index is 0.305. The normalized spacial score (nSPS) is 24.1. The van der Waals surface area contributed by atoms with Crippen molar-refractivity contribution in [3.05, 3.63) is 12.2 Å². The third-order valence-corrected chi connectivity index (χ3v) is 4.33. The summed E-state index contributed by atoms with van der Waals surface area (Å²) in [5, 5.41) is 12.8. The van der Waals surface area contributed by atoms with Crippen molar-refractivity contribution in [3.8, 4) is 0 Å². The predicted octanol–water partition coefficient (Wildman–Crippen LogP) is 0.105. The topological polar surface area (TPSA) is 87.7 Å². The molecule has 124 valence electrons. The van der Waals surface area contributed by atoms with E-state index in [4.69, 9.17) is 4.74 Å². The Bertz CT molecular complexity index is 411. The van der Waals surface area contributed by atoms with Crippen LogP contribution in [0.5, 0.6) is 0 Å². The summed E-state index contributed by atoms with van der Waals surface area (Å²) in [6.45, 7) is 4.40. The van der Waals surface area contributed by atoms with E-state index < -0.39 is 16.1 Å². The van der Waals surface area contributed by atoms with Gasteiger partial charge < -0.3 is 15.2 Å². The first-order valence-electron chi connectivity index (χ1n) is 7.44. The number of ether oxygens (including phenoxy) is 1. The summed E-state index contributed by atoms with van der Waals surface area (Å²) >= 11 is 0. The maximum atomic E-state index is 10.8. The van der Waals surface area contributed by atoms with Crippen LogP contribution in [0.3, 0.4) is 0 Å². The van der Waals surface area contributed by atoms with Crippen molar-refractivity contribution in [3.63, 3.8) is 0 Å². The first-order valence-corrected chi connectivity index (χ1v) is 9.34. The van der Waals surface area contributed by atoms with Crippen molar-refractivity contribution in [2.45, 2.75) is 25.9 Å². The third-order valence-electron chi connectivity index (χ3n) is 3.61. The zero-order valence-electron chi connectivity index (χ0n) is 12.9. The van der Waals surface area contributed by atoms with Crippen molar-refractivity contribution < 1.29 is 18.3 Å². The Hall–Kier alpha value is -0.470. The predicted molar refractivity (Wildman–Crippen MR) is 83.6 cm³/mol. The van der Waals surface area contributed by atoms with E-state index in [0.29, 0.717) is 44.7 Å². The quantitative estimate of drug-likeness (QED) is 0.393. The van der Waals surface area contributed by atoms with Crippen LogP contribution in [0.15, 0.2) is 12.2 Å². The fourth-order valence-corrected chi connectivity index (χ4v) is 2.72. The van der Waals surface area contributed by atoms with E-state index in [1.54, 1.807) is 0 Å². The van der Waals surface area contributed by atoms with E-state index in [2.05, 4.69) is 29.1 Å². The minimum atomic E-state index is -3.14. The monoisotopic (exact) mass is 320 g/mol. The Morgan fingerprint density at radius 3 is 2.71 bits per heavy atom. The van der Waals surface area contributed by atoms with Crippen LogP contribution in [0, 0.1) is 11.8 Å². The van der Waals surface area contributed by atoms with E-state index >= 15 is 0 Å². The Labute approximate surface area is 128 Å². The van der Waals surface area contributed by atoms with Gasteiger partial charge in [0.25, 0.3) is 0 Å². The lowest BCUT2D eigenvalue weighted by atomic mass is 9.85. The number of hydrogen-bond donors (Lipinski definition) is 3. The zero-order chi connectivity index (χ0) is 15.7. The molecule has 3 atom stereocenters. The molecule has 0 aromatic rings. The molecule has 1 aliphatic carbocycles. The highest BCUT2D eigenvalue weighted by Gasteiger charge is 2.18. The molecule has 1 aliphatic rings. The van der Waals surface area contributed by atoms with Crippen LogP contribution in [-0.4, -0.2) is 58.7 Å². The van der Waals surface area contributed by atoms with Crippen LogP contribution in [0.4, 0.5) is 0 Å². The van der Waals surface area contributed by atoms with Gasteiger partial charge in [0, 0.05) is 19.6 Å². The Kier molecular flexibility index (Phi) is 8.43. The number of aliphatic hydroxyl groups is 1. The second-order valence-electron chi connectivity index (χ2n) is 5.74. The lowest BCUT2D eigenvalue weighted by molar-refractivity contribution is 0.0130. The molecular weight excluding hydrogens is 292 g/mol. The second kappa shape index (κ2) is 9.53. The highest BCUT2D eigenvalue weighted by molar-refractivity contribution is 7.88. The SMILES string of the molecule is CC1CC=CCC1COCC(O)CNCCNS(C)(=O)=O. The Balaban J connectivity index is 2.01. The summed E-state index contributed by atoms with van der Waals surface area (Å²) < 4.78 is 29.6. The van der Waals surface area contributed by atoms with Gasteiger partial charge in [0.2, 0.25) is 10.0 Å². The maximum Gasteiger partial charge on any atom is 0.208 e. The average molecular weight is 320 g/mol. The van der Waals surface area contributed by atoms with Crippen molar-refractivity contribution in [2.24, 2.45) is 11.8 Å². The minimum Gasteiger partial charge on any atom is -0.389 e. The van der Waals surface area contributed by atoms with Crippen LogP contribution in [0.1, 0.15) is 19.8 Å². The van der Waals surface area contributed by atoms with Crippen LogP contribution in [-0.2, 0) is 14.8 Å². The fourth-order valence-electron chi connectivity index (χ4n) is 2.25. The Morgan fingerprint density at radius 2 is 2.05 bits per heavy atom. The number of sulfonamides is 1. The van der Waals surface area contributed by atoms with Gasteiger partial charge in [-0.3, -0.25) is 0 Å². The summed E-state index contributed by atoms with van der Waals surface area (Å²) in [5.74, 6) is 1.17. The smallest absolute Gasteiger partial charge is 0.208 e. The molecule has 3 unspecified atom stereocenters. The molecule has 0 aliphatic heterocycles. The standard InChI is InChI=1S/C14H28N2O4S/c1-12-5-3-4-6-13(12)10-20-11-14(17)9-15-7-8-16-21(2,18)19/h3-4,12-17H,5-11H2,1-2H3. The maximum absolute atomic E-state index is 10.8. The lowest BCUT2D eigenvalue weighted by Gasteiger charge is -2.25. The van der Waals surface area contributed by atoms with E-state index in [0.717, 1.165) is 19.1 Å². The van der Waals surface area contributed by atoms with Gasteiger partial charge in [0.1, 0.15) is 0 Å². The molecule has 3 N–H and O–H groups in total.